The monoisotopic (exact) mass is 325 g/mol. The van der Waals surface area contributed by atoms with E-state index in [1.807, 2.05) is 6.07 Å². The average molecular weight is 325 g/mol. The second kappa shape index (κ2) is 8.34. The molecule has 5 nitrogen and oxygen atoms in total. The molecule has 0 aliphatic heterocycles. The summed E-state index contributed by atoms with van der Waals surface area (Å²) in [6.45, 7) is 0.459. The van der Waals surface area contributed by atoms with Crippen molar-refractivity contribution in [3.05, 3.63) is 71.7 Å². The molecule has 0 spiro atoms. The summed E-state index contributed by atoms with van der Waals surface area (Å²) < 4.78 is 13.1. The first-order valence-electron chi connectivity index (χ1n) is 7.27. The van der Waals surface area contributed by atoms with Crippen LogP contribution >= 0.6 is 0 Å². The van der Waals surface area contributed by atoms with Crippen LogP contribution in [0.5, 0.6) is 5.75 Å². The van der Waals surface area contributed by atoms with Crippen LogP contribution in [0, 0.1) is 17.1 Å². The number of hydrogen-bond acceptors (Lipinski definition) is 4. The first-order valence-corrected chi connectivity index (χ1v) is 7.27. The number of nitrogens with one attached hydrogen (secondary N) is 2. The molecule has 0 unspecified atom stereocenters. The predicted molar refractivity (Wildman–Crippen MR) is 88.5 cm³/mol. The van der Waals surface area contributed by atoms with E-state index in [2.05, 4.69) is 10.6 Å². The molecule has 0 radical (unpaired) electrons. The van der Waals surface area contributed by atoms with Crippen molar-refractivity contribution < 1.29 is 14.3 Å². The Labute approximate surface area is 139 Å². The number of halogens is 1. The van der Waals surface area contributed by atoms with Gasteiger partial charge in [0, 0.05) is 18.4 Å². The molecule has 6 heteroatoms. The molecule has 0 aromatic heterocycles. The topological polar surface area (TPSA) is 85.2 Å². The Morgan fingerprint density at radius 3 is 2.67 bits per heavy atom. The van der Waals surface area contributed by atoms with Gasteiger partial charge in [-0.1, -0.05) is 12.1 Å². The van der Waals surface area contributed by atoms with Crippen LogP contribution in [0.2, 0.25) is 0 Å². The van der Waals surface area contributed by atoms with E-state index < -0.39 is 5.91 Å². The Kier molecular flexibility index (Phi) is 5.92. The summed E-state index contributed by atoms with van der Waals surface area (Å²) in [5, 5.41) is 23.7. The molecule has 0 atom stereocenters. The number of nitrogens with zero attached hydrogens (tertiary/aromatic N) is 1. The van der Waals surface area contributed by atoms with Gasteiger partial charge in [-0.3, -0.25) is 4.79 Å². The summed E-state index contributed by atoms with van der Waals surface area (Å²) in [5.74, 6) is -0.765. The van der Waals surface area contributed by atoms with Crippen molar-refractivity contribution >= 4 is 11.6 Å². The largest absolute Gasteiger partial charge is 0.508 e. The van der Waals surface area contributed by atoms with Gasteiger partial charge in [0.1, 0.15) is 23.2 Å². The molecular weight excluding hydrogens is 309 g/mol. The van der Waals surface area contributed by atoms with Gasteiger partial charge in [0.15, 0.2) is 0 Å². The summed E-state index contributed by atoms with van der Waals surface area (Å²) >= 11 is 0. The third-order valence-electron chi connectivity index (χ3n) is 3.18. The highest BCUT2D eigenvalue weighted by Crippen LogP contribution is 2.14. The maximum Gasteiger partial charge on any atom is 0.267 e. The van der Waals surface area contributed by atoms with Crippen molar-refractivity contribution in [1.82, 2.24) is 5.32 Å². The highest BCUT2D eigenvalue weighted by atomic mass is 19.1. The highest BCUT2D eigenvalue weighted by Gasteiger charge is 2.09. The highest BCUT2D eigenvalue weighted by molar-refractivity contribution is 6.06. The van der Waals surface area contributed by atoms with E-state index >= 15 is 0 Å². The van der Waals surface area contributed by atoms with Crippen LogP contribution < -0.4 is 10.6 Å². The third-order valence-corrected chi connectivity index (χ3v) is 3.18. The van der Waals surface area contributed by atoms with Crippen molar-refractivity contribution in [3.63, 3.8) is 0 Å². The van der Waals surface area contributed by atoms with Gasteiger partial charge in [0.2, 0.25) is 0 Å². The molecule has 0 saturated heterocycles. The second-order valence-corrected chi connectivity index (χ2v) is 5.00. The molecule has 0 heterocycles. The number of anilines is 1. The SMILES string of the molecule is N#C/C(=C/NCCc1cccc(F)c1)C(=O)Nc1ccc(O)cc1. The average Bonchev–Trinajstić information content (AvgIpc) is 2.57. The van der Waals surface area contributed by atoms with Crippen molar-refractivity contribution in [2.24, 2.45) is 0 Å². The van der Waals surface area contributed by atoms with E-state index in [0.717, 1.165) is 5.56 Å². The van der Waals surface area contributed by atoms with Gasteiger partial charge in [-0.25, -0.2) is 4.39 Å². The van der Waals surface area contributed by atoms with E-state index in [-0.39, 0.29) is 17.1 Å². The molecule has 2 aromatic carbocycles. The zero-order valence-electron chi connectivity index (χ0n) is 12.8. The molecular formula is C18H16FN3O2. The maximum atomic E-state index is 13.1. The fourth-order valence-electron chi connectivity index (χ4n) is 1.97. The summed E-state index contributed by atoms with van der Waals surface area (Å²) in [6, 6.07) is 14.0. The van der Waals surface area contributed by atoms with Gasteiger partial charge in [-0.2, -0.15) is 5.26 Å². The number of aromatic hydroxyl groups is 1. The molecule has 122 valence electrons. The van der Waals surface area contributed by atoms with E-state index in [1.54, 1.807) is 12.1 Å². The van der Waals surface area contributed by atoms with Crippen molar-refractivity contribution in [2.45, 2.75) is 6.42 Å². The summed E-state index contributed by atoms with van der Waals surface area (Å²) in [4.78, 5) is 12.0. The van der Waals surface area contributed by atoms with E-state index in [0.29, 0.717) is 18.7 Å². The molecule has 0 fully saturated rings. The van der Waals surface area contributed by atoms with Gasteiger partial charge < -0.3 is 15.7 Å². The Morgan fingerprint density at radius 2 is 2.00 bits per heavy atom. The van der Waals surface area contributed by atoms with Crippen LogP contribution in [0.25, 0.3) is 0 Å². The molecule has 3 N–H and O–H groups in total. The Balaban J connectivity index is 1.87. The fraction of sp³-hybridized carbons (Fsp3) is 0.111. The smallest absolute Gasteiger partial charge is 0.267 e. The lowest BCUT2D eigenvalue weighted by atomic mass is 10.1. The van der Waals surface area contributed by atoms with Gasteiger partial charge >= 0.3 is 0 Å². The van der Waals surface area contributed by atoms with Crippen molar-refractivity contribution in [1.29, 1.82) is 5.26 Å². The number of carbonyl (C=O) groups is 1. The quantitative estimate of drug-likeness (QED) is 0.330. The van der Waals surface area contributed by atoms with Crippen LogP contribution in [0.1, 0.15) is 5.56 Å². The van der Waals surface area contributed by atoms with Crippen LogP contribution in [0.15, 0.2) is 60.3 Å². The molecule has 1 amide bonds. The van der Waals surface area contributed by atoms with E-state index in [1.165, 1.54) is 42.6 Å². The van der Waals surface area contributed by atoms with Crippen LogP contribution in [-0.4, -0.2) is 17.6 Å². The lowest BCUT2D eigenvalue weighted by molar-refractivity contribution is -0.112. The number of benzene rings is 2. The molecule has 2 aromatic rings. The lowest BCUT2D eigenvalue weighted by Gasteiger charge is -2.05. The maximum absolute atomic E-state index is 13.1. The first-order chi connectivity index (χ1) is 11.6. The Hall–Kier alpha value is -3.33. The third kappa shape index (κ3) is 5.14. The van der Waals surface area contributed by atoms with Crippen LogP contribution in [0.3, 0.4) is 0 Å². The van der Waals surface area contributed by atoms with Crippen LogP contribution in [0.4, 0.5) is 10.1 Å². The molecule has 0 saturated carbocycles. The van der Waals surface area contributed by atoms with E-state index in [4.69, 9.17) is 5.26 Å². The lowest BCUT2D eigenvalue weighted by Crippen LogP contribution is -2.18. The summed E-state index contributed by atoms with van der Waals surface area (Å²) in [6.07, 6.45) is 1.89. The zero-order valence-corrected chi connectivity index (χ0v) is 12.8. The molecule has 0 bridgehead atoms. The van der Waals surface area contributed by atoms with Gasteiger partial charge in [0.05, 0.1) is 0 Å². The predicted octanol–water partition coefficient (Wildman–Crippen LogP) is 2.71. The number of amides is 1. The van der Waals surface area contributed by atoms with Crippen molar-refractivity contribution in [2.75, 3.05) is 11.9 Å². The number of carbonyl (C=O) groups excluding carboxylic acids is 1. The number of phenols is 1. The number of nitriles is 1. The minimum Gasteiger partial charge on any atom is -0.508 e. The first kappa shape index (κ1) is 17.0. The second-order valence-electron chi connectivity index (χ2n) is 5.00. The zero-order chi connectivity index (χ0) is 17.4. The summed E-state index contributed by atoms with van der Waals surface area (Å²) in [5.41, 5.74) is 1.21. The van der Waals surface area contributed by atoms with Crippen molar-refractivity contribution in [3.8, 4) is 11.8 Å². The van der Waals surface area contributed by atoms with Gasteiger partial charge in [0.25, 0.3) is 5.91 Å². The molecule has 0 aliphatic rings. The Morgan fingerprint density at radius 1 is 1.25 bits per heavy atom. The number of phenolic OH excluding ortho intramolecular Hbond substituents is 1. The fourth-order valence-corrected chi connectivity index (χ4v) is 1.97. The van der Waals surface area contributed by atoms with Gasteiger partial charge in [-0.15, -0.1) is 0 Å². The van der Waals surface area contributed by atoms with Gasteiger partial charge in [-0.05, 0) is 48.4 Å². The Bertz CT molecular complexity index is 780. The molecule has 0 aliphatic carbocycles. The molecule has 2 rings (SSSR count). The standard InChI is InChI=1S/C18H16FN3O2/c19-15-3-1-2-13(10-15)8-9-21-12-14(11-20)18(24)22-16-4-6-17(23)7-5-16/h1-7,10,12,21,23H,8-9H2,(H,22,24)/b14-12-. The van der Waals surface area contributed by atoms with Crippen LogP contribution in [-0.2, 0) is 11.2 Å². The number of hydrogen-bond donors (Lipinski definition) is 3. The number of rotatable bonds is 6. The summed E-state index contributed by atoms with van der Waals surface area (Å²) in [7, 11) is 0. The van der Waals surface area contributed by atoms with E-state index in [9.17, 15) is 14.3 Å². The molecule has 24 heavy (non-hydrogen) atoms. The normalized spacial score (nSPS) is 10.8. The minimum absolute atomic E-state index is 0.0812. The minimum atomic E-state index is -0.554.